The normalized spacial score (nSPS) is 22.9. The molecule has 0 atom stereocenters. The lowest BCUT2D eigenvalue weighted by molar-refractivity contribution is 0.00656. The number of aromatic nitrogens is 4. The van der Waals surface area contributed by atoms with Crippen LogP contribution >= 0.6 is 11.5 Å². The van der Waals surface area contributed by atoms with Crippen molar-refractivity contribution in [2.75, 3.05) is 13.1 Å². The Labute approximate surface area is 159 Å². The quantitative estimate of drug-likeness (QED) is 0.800. The van der Waals surface area contributed by atoms with Crippen molar-refractivity contribution in [3.8, 4) is 11.5 Å². The van der Waals surface area contributed by atoms with Gasteiger partial charge in [0.25, 0.3) is 5.92 Å². The first-order valence-electron chi connectivity index (χ1n) is 8.94. The SMILES string of the molecule is Cn1cncc1-c1nsc(C(=O)N=C2CCC(N3CCC(F)(F)C3)CC2)n1. The van der Waals surface area contributed by atoms with E-state index < -0.39 is 5.92 Å². The number of aliphatic imine (C=N–C) groups is 1. The van der Waals surface area contributed by atoms with Crippen LogP contribution in [-0.2, 0) is 7.05 Å². The maximum absolute atomic E-state index is 13.4. The summed E-state index contributed by atoms with van der Waals surface area (Å²) in [5.41, 5.74) is 1.56. The monoisotopic (exact) mass is 394 g/mol. The van der Waals surface area contributed by atoms with Gasteiger partial charge in [0.1, 0.15) is 5.69 Å². The lowest BCUT2D eigenvalue weighted by atomic mass is 9.92. The minimum Gasteiger partial charge on any atom is -0.331 e. The number of amides is 1. The molecule has 0 unspecified atom stereocenters. The van der Waals surface area contributed by atoms with E-state index in [1.54, 1.807) is 17.1 Å². The number of carbonyl (C=O) groups is 1. The predicted octanol–water partition coefficient (Wildman–Crippen LogP) is 2.80. The molecule has 10 heteroatoms. The minimum atomic E-state index is -2.56. The van der Waals surface area contributed by atoms with Gasteiger partial charge in [-0.05, 0) is 37.2 Å². The number of aryl methyl sites for hydroxylation is 1. The molecule has 2 aliphatic rings. The summed E-state index contributed by atoms with van der Waals surface area (Å²) in [6.45, 7) is 0.301. The second-order valence-corrected chi connectivity index (χ2v) is 7.86. The van der Waals surface area contributed by atoms with Gasteiger partial charge in [0.05, 0.1) is 19.1 Å². The van der Waals surface area contributed by atoms with Crippen LogP contribution < -0.4 is 0 Å². The highest BCUT2D eigenvalue weighted by molar-refractivity contribution is 7.07. The highest BCUT2D eigenvalue weighted by Gasteiger charge is 2.41. The molecular formula is C17H20F2N6OS. The number of alkyl halides is 2. The zero-order valence-electron chi connectivity index (χ0n) is 14.9. The number of hydrogen-bond donors (Lipinski definition) is 0. The van der Waals surface area contributed by atoms with E-state index in [0.29, 0.717) is 25.2 Å². The average molecular weight is 394 g/mol. The van der Waals surface area contributed by atoms with Crippen molar-refractivity contribution < 1.29 is 13.6 Å². The third kappa shape index (κ3) is 3.96. The van der Waals surface area contributed by atoms with Crippen LogP contribution in [0.15, 0.2) is 17.5 Å². The molecule has 1 aliphatic heterocycles. The van der Waals surface area contributed by atoms with Crippen molar-refractivity contribution in [1.82, 2.24) is 23.8 Å². The maximum Gasteiger partial charge on any atom is 0.307 e. The van der Waals surface area contributed by atoms with E-state index in [-0.39, 0.29) is 29.9 Å². The molecule has 0 bridgehead atoms. The zero-order chi connectivity index (χ0) is 19.0. The molecule has 2 aromatic rings. The standard InChI is InChI=1S/C17H20F2N6OS/c1-24-10-20-8-13(24)14-22-16(27-23-14)15(26)21-11-2-4-12(5-3-11)25-7-6-17(18,19)9-25/h8,10,12H,2-7,9H2,1H3. The smallest absolute Gasteiger partial charge is 0.307 e. The third-order valence-corrected chi connectivity index (χ3v) is 5.87. The van der Waals surface area contributed by atoms with Crippen molar-refractivity contribution in [2.24, 2.45) is 12.0 Å². The molecule has 2 fully saturated rings. The summed E-state index contributed by atoms with van der Waals surface area (Å²) in [5, 5.41) is 0.250. The van der Waals surface area contributed by atoms with E-state index in [9.17, 15) is 13.6 Å². The van der Waals surface area contributed by atoms with E-state index >= 15 is 0 Å². The van der Waals surface area contributed by atoms with Gasteiger partial charge in [-0.3, -0.25) is 9.69 Å². The fraction of sp³-hybridized carbons (Fsp3) is 0.588. The molecule has 7 nitrogen and oxygen atoms in total. The van der Waals surface area contributed by atoms with Crippen LogP contribution in [0.5, 0.6) is 0 Å². The Morgan fingerprint density at radius 2 is 2.15 bits per heavy atom. The fourth-order valence-corrected chi connectivity index (χ4v) is 4.22. The van der Waals surface area contributed by atoms with Crippen molar-refractivity contribution in [2.45, 2.75) is 44.1 Å². The van der Waals surface area contributed by atoms with Gasteiger partial charge in [-0.2, -0.15) is 4.37 Å². The van der Waals surface area contributed by atoms with Crippen LogP contribution in [-0.4, -0.2) is 60.5 Å². The Morgan fingerprint density at radius 1 is 1.37 bits per heavy atom. The van der Waals surface area contributed by atoms with E-state index in [2.05, 4.69) is 19.3 Å². The van der Waals surface area contributed by atoms with Gasteiger partial charge in [0, 0.05) is 31.8 Å². The second kappa shape index (κ2) is 7.16. The number of halogens is 2. The summed E-state index contributed by atoms with van der Waals surface area (Å²) in [6.07, 6.45) is 6.08. The summed E-state index contributed by atoms with van der Waals surface area (Å²) in [4.78, 5) is 26.8. The van der Waals surface area contributed by atoms with E-state index in [1.165, 1.54) is 0 Å². The Kier molecular flexibility index (Phi) is 4.85. The van der Waals surface area contributed by atoms with Gasteiger partial charge in [0.15, 0.2) is 5.82 Å². The van der Waals surface area contributed by atoms with Crippen LogP contribution in [0.3, 0.4) is 0 Å². The molecule has 0 N–H and O–H groups in total. The molecule has 144 valence electrons. The lowest BCUT2D eigenvalue weighted by Gasteiger charge is -2.31. The first kappa shape index (κ1) is 18.3. The van der Waals surface area contributed by atoms with E-state index in [1.807, 2.05) is 11.9 Å². The van der Waals surface area contributed by atoms with Crippen molar-refractivity contribution in [3.05, 3.63) is 17.5 Å². The number of rotatable bonds is 3. The van der Waals surface area contributed by atoms with Crippen LogP contribution in [0.2, 0.25) is 0 Å². The summed E-state index contributed by atoms with van der Waals surface area (Å²) >= 11 is 1.02. The van der Waals surface area contributed by atoms with Gasteiger partial charge in [0.2, 0.25) is 5.01 Å². The number of carbonyl (C=O) groups excluding carboxylic acids is 1. The minimum absolute atomic E-state index is 0.0566. The molecule has 1 amide bonds. The Bertz CT molecular complexity index is 866. The van der Waals surface area contributed by atoms with Crippen LogP contribution in [0.25, 0.3) is 11.5 Å². The molecule has 1 saturated heterocycles. The lowest BCUT2D eigenvalue weighted by Crippen LogP contribution is -2.38. The number of likely N-dealkylation sites (tertiary alicyclic amines) is 1. The van der Waals surface area contributed by atoms with Crippen molar-refractivity contribution in [3.63, 3.8) is 0 Å². The topological polar surface area (TPSA) is 76.3 Å². The number of imidazole rings is 1. The van der Waals surface area contributed by atoms with Crippen molar-refractivity contribution >= 4 is 23.2 Å². The fourth-order valence-electron chi connectivity index (χ4n) is 3.67. The third-order valence-electron chi connectivity index (χ3n) is 5.16. The summed E-state index contributed by atoms with van der Waals surface area (Å²) in [7, 11) is 1.83. The van der Waals surface area contributed by atoms with Gasteiger partial charge in [-0.15, -0.1) is 0 Å². The predicted molar refractivity (Wildman–Crippen MR) is 97.3 cm³/mol. The summed E-state index contributed by atoms with van der Waals surface area (Å²) in [6, 6.07) is 0.158. The molecule has 3 heterocycles. The summed E-state index contributed by atoms with van der Waals surface area (Å²) < 4.78 is 32.8. The van der Waals surface area contributed by atoms with Crippen LogP contribution in [0.1, 0.15) is 41.9 Å². The van der Waals surface area contributed by atoms with Crippen LogP contribution in [0, 0.1) is 0 Å². The van der Waals surface area contributed by atoms with E-state index in [4.69, 9.17) is 0 Å². The van der Waals surface area contributed by atoms with Gasteiger partial charge < -0.3 is 4.57 Å². The van der Waals surface area contributed by atoms with Crippen LogP contribution in [0.4, 0.5) is 8.78 Å². The van der Waals surface area contributed by atoms with Crippen molar-refractivity contribution in [1.29, 1.82) is 0 Å². The zero-order valence-corrected chi connectivity index (χ0v) is 15.8. The molecule has 0 spiro atoms. The Morgan fingerprint density at radius 3 is 2.78 bits per heavy atom. The molecular weight excluding hydrogens is 374 g/mol. The first-order valence-corrected chi connectivity index (χ1v) is 9.72. The van der Waals surface area contributed by atoms with Gasteiger partial charge >= 0.3 is 5.91 Å². The molecule has 0 aromatic carbocycles. The molecule has 1 saturated carbocycles. The maximum atomic E-state index is 13.4. The average Bonchev–Trinajstić information content (AvgIpc) is 3.35. The second-order valence-electron chi connectivity index (χ2n) is 7.10. The first-order chi connectivity index (χ1) is 12.9. The number of nitrogens with zero attached hydrogens (tertiary/aromatic N) is 6. The Balaban J connectivity index is 1.37. The highest BCUT2D eigenvalue weighted by Crippen LogP contribution is 2.32. The molecule has 1 aliphatic carbocycles. The molecule has 2 aromatic heterocycles. The molecule has 0 radical (unpaired) electrons. The Hall–Kier alpha value is -2.07. The molecule has 4 rings (SSSR count). The number of hydrogen-bond acceptors (Lipinski definition) is 6. The highest BCUT2D eigenvalue weighted by atomic mass is 32.1. The van der Waals surface area contributed by atoms with Gasteiger partial charge in [-0.25, -0.2) is 23.7 Å². The van der Waals surface area contributed by atoms with E-state index in [0.717, 1.165) is 35.8 Å². The molecule has 27 heavy (non-hydrogen) atoms. The van der Waals surface area contributed by atoms with Gasteiger partial charge in [-0.1, -0.05) is 0 Å². The largest absolute Gasteiger partial charge is 0.331 e. The summed E-state index contributed by atoms with van der Waals surface area (Å²) in [5.74, 6) is -2.49.